The van der Waals surface area contributed by atoms with Gasteiger partial charge in [-0.05, 0) is 19.3 Å². The maximum absolute atomic E-state index is 12.4. The van der Waals surface area contributed by atoms with Gasteiger partial charge in [-0.3, -0.25) is 4.99 Å². The molecule has 148 valence electrons. The van der Waals surface area contributed by atoms with Gasteiger partial charge in [0, 0.05) is 45.8 Å². The highest BCUT2D eigenvalue weighted by molar-refractivity contribution is 14.0. The Bertz CT molecular complexity index is 698. The Labute approximate surface area is 170 Å². The number of hydrogen-bond acceptors (Lipinski definition) is 6. The zero-order valence-corrected chi connectivity index (χ0v) is 17.9. The quantitative estimate of drug-likeness (QED) is 0.339. The molecule has 0 atom stereocenters. The first-order chi connectivity index (χ1) is 11.9. The van der Waals surface area contributed by atoms with Crippen LogP contribution in [0.1, 0.15) is 25.0 Å². The van der Waals surface area contributed by atoms with Crippen LogP contribution >= 0.6 is 24.0 Å². The van der Waals surface area contributed by atoms with Gasteiger partial charge in [0.1, 0.15) is 12.0 Å². The normalized spacial score (nSPS) is 21.0. The van der Waals surface area contributed by atoms with E-state index in [1.807, 2.05) is 4.90 Å². The van der Waals surface area contributed by atoms with Crippen molar-refractivity contribution in [3.63, 3.8) is 0 Å². The number of hydrogen-bond donors (Lipinski definition) is 2. The molecule has 26 heavy (non-hydrogen) atoms. The van der Waals surface area contributed by atoms with Crippen LogP contribution in [0.3, 0.4) is 0 Å². The van der Waals surface area contributed by atoms with Crippen molar-refractivity contribution in [2.75, 3.05) is 39.8 Å². The molecule has 2 aliphatic rings. The Morgan fingerprint density at radius 2 is 2.08 bits per heavy atom. The molecule has 3 rings (SSSR count). The molecule has 0 bridgehead atoms. The number of aromatic nitrogens is 1. The van der Waals surface area contributed by atoms with Gasteiger partial charge in [-0.25, -0.2) is 8.42 Å². The smallest absolute Gasteiger partial charge is 0.220 e. The summed E-state index contributed by atoms with van der Waals surface area (Å²) in [5, 5.41) is 17.1. The van der Waals surface area contributed by atoms with Crippen LogP contribution in [0.25, 0.3) is 0 Å². The second kappa shape index (κ2) is 8.85. The van der Waals surface area contributed by atoms with Crippen molar-refractivity contribution in [3.8, 4) is 0 Å². The minimum atomic E-state index is -3.41. The second-order valence-electron chi connectivity index (χ2n) is 6.61. The average molecular weight is 499 g/mol. The Morgan fingerprint density at radius 3 is 2.58 bits per heavy atom. The lowest BCUT2D eigenvalue weighted by Crippen LogP contribution is -2.56. The van der Waals surface area contributed by atoms with Gasteiger partial charge in [-0.15, -0.1) is 24.0 Å². The Balaban J connectivity index is 0.00000243. The molecule has 1 saturated carbocycles. The Hall–Kier alpha value is -0.920. The molecule has 0 unspecified atom stereocenters. The van der Waals surface area contributed by atoms with Crippen LogP contribution < -0.4 is 5.32 Å². The van der Waals surface area contributed by atoms with Crippen LogP contribution in [0.4, 0.5) is 0 Å². The third-order valence-electron chi connectivity index (χ3n) is 4.82. The molecule has 1 aromatic heterocycles. The van der Waals surface area contributed by atoms with E-state index in [0.29, 0.717) is 44.4 Å². The molecule has 0 spiro atoms. The van der Waals surface area contributed by atoms with Crippen LogP contribution in [0.15, 0.2) is 21.8 Å². The molecule has 0 amide bonds. The van der Waals surface area contributed by atoms with E-state index in [1.54, 1.807) is 13.1 Å². The Morgan fingerprint density at radius 1 is 1.38 bits per heavy atom. The summed E-state index contributed by atoms with van der Waals surface area (Å²) in [6.45, 7) is 2.37. The fourth-order valence-corrected chi connectivity index (χ4v) is 4.53. The predicted molar refractivity (Wildman–Crippen MR) is 108 cm³/mol. The minimum Gasteiger partial charge on any atom is -0.388 e. The van der Waals surface area contributed by atoms with Crippen molar-refractivity contribution >= 4 is 40.0 Å². The first kappa shape index (κ1) is 21.4. The van der Waals surface area contributed by atoms with Gasteiger partial charge < -0.3 is 19.8 Å². The zero-order valence-electron chi connectivity index (χ0n) is 14.8. The third kappa shape index (κ3) is 5.08. The highest BCUT2D eigenvalue weighted by Crippen LogP contribution is 2.30. The van der Waals surface area contributed by atoms with E-state index >= 15 is 0 Å². The molecule has 2 N–H and O–H groups in total. The van der Waals surface area contributed by atoms with E-state index < -0.39 is 15.6 Å². The summed E-state index contributed by atoms with van der Waals surface area (Å²) in [5.41, 5.74) is -0.216. The largest absolute Gasteiger partial charge is 0.388 e. The second-order valence-corrected chi connectivity index (χ2v) is 8.58. The number of rotatable bonds is 5. The third-order valence-corrected chi connectivity index (χ3v) is 6.64. The average Bonchev–Trinajstić information content (AvgIpc) is 3.06. The van der Waals surface area contributed by atoms with Gasteiger partial charge >= 0.3 is 0 Å². The summed E-state index contributed by atoms with van der Waals surface area (Å²) in [4.78, 5) is 6.27. The fourth-order valence-electron chi connectivity index (χ4n) is 3.11. The number of nitrogens with one attached hydrogen (secondary N) is 1. The standard InChI is InChI=1S/C15H25N5O4S.HI/c1-16-14(17-12-15(21)4-2-5-15)19-6-8-20(9-7-19)25(22,23)11-13-3-10-24-18-13;/h3,10,21H,2,4-9,11-12H2,1H3,(H,16,17);1H. The number of halogens is 1. The summed E-state index contributed by atoms with van der Waals surface area (Å²) in [5.74, 6) is 0.553. The van der Waals surface area contributed by atoms with Crippen molar-refractivity contribution in [1.82, 2.24) is 19.7 Å². The maximum atomic E-state index is 12.4. The number of aliphatic imine (C=N–C) groups is 1. The van der Waals surface area contributed by atoms with Crippen molar-refractivity contribution < 1.29 is 18.0 Å². The SMILES string of the molecule is CN=C(NCC1(O)CCC1)N1CCN(S(=O)(=O)Cc2ccon2)CC1.I. The highest BCUT2D eigenvalue weighted by atomic mass is 127. The van der Waals surface area contributed by atoms with E-state index in [4.69, 9.17) is 4.52 Å². The fraction of sp³-hybridized carbons (Fsp3) is 0.733. The molecule has 2 fully saturated rings. The van der Waals surface area contributed by atoms with Gasteiger partial charge in [0.05, 0.1) is 11.3 Å². The molecule has 11 heteroatoms. The molecule has 1 aliphatic carbocycles. The van der Waals surface area contributed by atoms with E-state index in [-0.39, 0.29) is 29.7 Å². The number of aliphatic hydroxyl groups is 1. The molecule has 1 aromatic rings. The lowest BCUT2D eigenvalue weighted by Gasteiger charge is -2.39. The Kier molecular flexibility index (Phi) is 7.27. The van der Waals surface area contributed by atoms with E-state index in [0.717, 1.165) is 19.3 Å². The summed E-state index contributed by atoms with van der Waals surface area (Å²) < 4.78 is 31.1. The van der Waals surface area contributed by atoms with Crippen LogP contribution in [-0.2, 0) is 15.8 Å². The van der Waals surface area contributed by atoms with Gasteiger partial charge in [-0.2, -0.15) is 4.31 Å². The lowest BCUT2D eigenvalue weighted by molar-refractivity contribution is -0.0283. The maximum Gasteiger partial charge on any atom is 0.220 e. The lowest BCUT2D eigenvalue weighted by atomic mass is 9.80. The van der Waals surface area contributed by atoms with Gasteiger partial charge in [0.2, 0.25) is 10.0 Å². The summed E-state index contributed by atoms with van der Waals surface area (Å²) >= 11 is 0. The van der Waals surface area contributed by atoms with Crippen molar-refractivity contribution in [2.45, 2.75) is 30.6 Å². The number of nitrogens with zero attached hydrogens (tertiary/aromatic N) is 4. The molecule has 0 radical (unpaired) electrons. The molecular weight excluding hydrogens is 473 g/mol. The minimum absolute atomic E-state index is 0. The van der Waals surface area contributed by atoms with E-state index in [1.165, 1.54) is 10.6 Å². The highest BCUT2D eigenvalue weighted by Gasteiger charge is 2.35. The van der Waals surface area contributed by atoms with E-state index in [2.05, 4.69) is 15.5 Å². The van der Waals surface area contributed by atoms with Crippen LogP contribution in [0.2, 0.25) is 0 Å². The molecular formula is C15H26IN5O4S. The van der Waals surface area contributed by atoms with Crippen molar-refractivity contribution in [1.29, 1.82) is 0 Å². The first-order valence-corrected chi connectivity index (χ1v) is 10.1. The van der Waals surface area contributed by atoms with Gasteiger partial charge in [0.25, 0.3) is 0 Å². The predicted octanol–water partition coefficient (Wildman–Crippen LogP) is 0.230. The summed E-state index contributed by atoms with van der Waals surface area (Å²) in [6, 6.07) is 1.56. The molecule has 1 aliphatic heterocycles. The number of guanidine groups is 1. The molecule has 9 nitrogen and oxygen atoms in total. The van der Waals surface area contributed by atoms with Crippen molar-refractivity contribution in [2.24, 2.45) is 4.99 Å². The zero-order chi connectivity index (χ0) is 17.9. The molecule has 1 saturated heterocycles. The molecule has 0 aromatic carbocycles. The molecule has 2 heterocycles. The van der Waals surface area contributed by atoms with Crippen LogP contribution in [0, 0.1) is 0 Å². The number of piperazine rings is 1. The van der Waals surface area contributed by atoms with E-state index in [9.17, 15) is 13.5 Å². The summed E-state index contributed by atoms with van der Waals surface area (Å²) in [6.07, 6.45) is 4.05. The van der Waals surface area contributed by atoms with Gasteiger partial charge in [-0.1, -0.05) is 5.16 Å². The number of sulfonamides is 1. The monoisotopic (exact) mass is 499 g/mol. The van der Waals surface area contributed by atoms with Crippen LogP contribution in [0.5, 0.6) is 0 Å². The topological polar surface area (TPSA) is 111 Å². The van der Waals surface area contributed by atoms with Gasteiger partial charge in [0.15, 0.2) is 5.96 Å². The first-order valence-electron chi connectivity index (χ1n) is 8.47. The van der Waals surface area contributed by atoms with Crippen LogP contribution in [-0.4, -0.2) is 79.2 Å². The van der Waals surface area contributed by atoms with Crippen molar-refractivity contribution in [3.05, 3.63) is 18.0 Å². The summed E-state index contributed by atoms with van der Waals surface area (Å²) in [7, 11) is -1.71.